The molecule has 100 valence electrons. The number of nitrogens with zero attached hydrogens (tertiary/aromatic N) is 2. The molecule has 2 aromatic rings. The van der Waals surface area contributed by atoms with E-state index in [2.05, 4.69) is 0 Å². The fourth-order valence-corrected chi connectivity index (χ4v) is 1.91. The zero-order chi connectivity index (χ0) is 14.0. The van der Waals surface area contributed by atoms with Crippen LogP contribution in [0.15, 0.2) is 34.9 Å². The number of hydrogen-bond donors (Lipinski definition) is 0. The van der Waals surface area contributed by atoms with Gasteiger partial charge in [0.25, 0.3) is 0 Å². The Labute approximate surface area is 109 Å². The van der Waals surface area contributed by atoms with Crippen LogP contribution in [0.4, 0.5) is 15.8 Å². The van der Waals surface area contributed by atoms with Gasteiger partial charge in [-0.3, -0.25) is 10.1 Å². The number of nitro benzene ring substituents is 1. The lowest BCUT2D eigenvalue weighted by Gasteiger charge is -2.18. The van der Waals surface area contributed by atoms with Gasteiger partial charge in [-0.25, -0.2) is 0 Å². The second kappa shape index (κ2) is 5.09. The van der Waals surface area contributed by atoms with E-state index in [0.717, 1.165) is 17.4 Å². The third-order valence-electron chi connectivity index (χ3n) is 2.93. The lowest BCUT2D eigenvalue weighted by atomic mass is 10.2. The molecule has 0 unspecified atom stereocenters. The monoisotopic (exact) mass is 264 g/mol. The van der Waals surface area contributed by atoms with Gasteiger partial charge in [0, 0.05) is 19.2 Å². The topological polar surface area (TPSA) is 59.5 Å². The molecule has 0 bridgehead atoms. The molecule has 6 heteroatoms. The molecule has 0 spiro atoms. The predicted molar refractivity (Wildman–Crippen MR) is 68.6 cm³/mol. The van der Waals surface area contributed by atoms with Crippen LogP contribution in [0, 0.1) is 22.9 Å². The van der Waals surface area contributed by atoms with Crippen molar-refractivity contribution in [2.45, 2.75) is 13.5 Å². The summed E-state index contributed by atoms with van der Waals surface area (Å²) in [6.45, 7) is 2.22. The number of rotatable bonds is 4. The largest absolute Gasteiger partial charge is 0.469 e. The van der Waals surface area contributed by atoms with E-state index in [0.29, 0.717) is 6.54 Å². The van der Waals surface area contributed by atoms with Crippen molar-refractivity contribution in [3.05, 3.63) is 57.8 Å². The van der Waals surface area contributed by atoms with Crippen molar-refractivity contribution < 1.29 is 13.7 Å². The zero-order valence-electron chi connectivity index (χ0n) is 10.6. The van der Waals surface area contributed by atoms with Gasteiger partial charge in [0.15, 0.2) is 0 Å². The van der Waals surface area contributed by atoms with Crippen molar-refractivity contribution in [3.63, 3.8) is 0 Å². The highest BCUT2D eigenvalue weighted by atomic mass is 19.1. The van der Waals surface area contributed by atoms with Crippen LogP contribution >= 0.6 is 0 Å². The molecule has 1 heterocycles. The number of para-hydroxylation sites is 1. The maximum absolute atomic E-state index is 13.5. The molecular weight excluding hydrogens is 251 g/mol. The molecule has 0 saturated carbocycles. The van der Waals surface area contributed by atoms with Gasteiger partial charge in [0.1, 0.15) is 11.4 Å². The summed E-state index contributed by atoms with van der Waals surface area (Å²) >= 11 is 0. The van der Waals surface area contributed by atoms with E-state index >= 15 is 0 Å². The Morgan fingerprint density at radius 1 is 1.42 bits per heavy atom. The summed E-state index contributed by atoms with van der Waals surface area (Å²) in [5.41, 5.74) is 0.637. The summed E-state index contributed by atoms with van der Waals surface area (Å²) in [5, 5.41) is 10.9. The van der Waals surface area contributed by atoms with Gasteiger partial charge in [0.2, 0.25) is 5.82 Å². The van der Waals surface area contributed by atoms with Gasteiger partial charge >= 0.3 is 5.69 Å². The van der Waals surface area contributed by atoms with Crippen LogP contribution in [0.3, 0.4) is 0 Å². The Morgan fingerprint density at radius 3 is 2.74 bits per heavy atom. The van der Waals surface area contributed by atoms with E-state index < -0.39 is 16.4 Å². The summed E-state index contributed by atoms with van der Waals surface area (Å²) in [5.74, 6) is -0.0934. The molecule has 0 aliphatic heterocycles. The minimum absolute atomic E-state index is 0.241. The summed E-state index contributed by atoms with van der Waals surface area (Å²) in [6.07, 6.45) is 1.55. The highest BCUT2D eigenvalue weighted by Crippen LogP contribution is 2.31. The van der Waals surface area contributed by atoms with E-state index in [1.54, 1.807) is 24.3 Å². The molecule has 5 nitrogen and oxygen atoms in total. The van der Waals surface area contributed by atoms with Crippen molar-refractivity contribution in [3.8, 4) is 0 Å². The molecule has 19 heavy (non-hydrogen) atoms. The normalized spacial score (nSPS) is 10.5. The lowest BCUT2D eigenvalue weighted by Crippen LogP contribution is -2.18. The van der Waals surface area contributed by atoms with Gasteiger partial charge in [-0.2, -0.15) is 4.39 Å². The van der Waals surface area contributed by atoms with Gasteiger partial charge in [-0.15, -0.1) is 0 Å². The Bertz CT molecular complexity index is 610. The average molecular weight is 264 g/mol. The van der Waals surface area contributed by atoms with Gasteiger partial charge < -0.3 is 9.32 Å². The van der Waals surface area contributed by atoms with Crippen LogP contribution in [0.25, 0.3) is 0 Å². The third kappa shape index (κ3) is 2.57. The molecule has 0 N–H and O–H groups in total. The fourth-order valence-electron chi connectivity index (χ4n) is 1.91. The van der Waals surface area contributed by atoms with Crippen molar-refractivity contribution >= 4 is 11.4 Å². The molecule has 0 radical (unpaired) electrons. The Hall–Kier alpha value is -2.37. The summed E-state index contributed by atoms with van der Waals surface area (Å²) in [7, 11) is 1.67. The third-order valence-corrected chi connectivity index (χ3v) is 2.93. The highest BCUT2D eigenvalue weighted by molar-refractivity contribution is 5.63. The van der Waals surface area contributed by atoms with Gasteiger partial charge in [0.05, 0.1) is 11.2 Å². The first-order chi connectivity index (χ1) is 9.00. The van der Waals surface area contributed by atoms with Crippen molar-refractivity contribution in [2.24, 2.45) is 0 Å². The minimum Gasteiger partial charge on any atom is -0.469 e. The maximum Gasteiger partial charge on any atom is 0.327 e. The van der Waals surface area contributed by atoms with Crippen LogP contribution in [0.2, 0.25) is 0 Å². The number of nitro groups is 1. The Kier molecular flexibility index (Phi) is 3.50. The number of hydrogen-bond acceptors (Lipinski definition) is 4. The minimum atomic E-state index is -0.835. The number of anilines is 1. The van der Waals surface area contributed by atoms with Crippen LogP contribution in [-0.4, -0.2) is 12.0 Å². The molecule has 0 aliphatic rings. The highest BCUT2D eigenvalue weighted by Gasteiger charge is 2.22. The average Bonchev–Trinajstić information content (AvgIpc) is 2.74. The van der Waals surface area contributed by atoms with E-state index in [9.17, 15) is 14.5 Å². The summed E-state index contributed by atoms with van der Waals surface area (Å²) in [6, 6.07) is 5.85. The van der Waals surface area contributed by atoms with Crippen LogP contribution in [0.1, 0.15) is 11.3 Å². The van der Waals surface area contributed by atoms with Crippen molar-refractivity contribution in [1.29, 1.82) is 0 Å². The van der Waals surface area contributed by atoms with Crippen molar-refractivity contribution in [1.82, 2.24) is 0 Å². The predicted octanol–water partition coefficient (Wildman–Crippen LogP) is 3.27. The number of benzene rings is 1. The number of furan rings is 1. The Morgan fingerprint density at radius 2 is 2.16 bits per heavy atom. The van der Waals surface area contributed by atoms with E-state index in [4.69, 9.17) is 4.42 Å². The van der Waals surface area contributed by atoms with E-state index in [-0.39, 0.29) is 5.69 Å². The first kappa shape index (κ1) is 13.1. The number of halogens is 1. The van der Waals surface area contributed by atoms with Crippen LogP contribution < -0.4 is 4.90 Å². The molecule has 1 aromatic carbocycles. The zero-order valence-corrected chi connectivity index (χ0v) is 10.6. The number of aryl methyl sites for hydroxylation is 1. The van der Waals surface area contributed by atoms with Gasteiger partial charge in [-0.1, -0.05) is 6.07 Å². The van der Waals surface area contributed by atoms with Crippen molar-refractivity contribution in [2.75, 3.05) is 11.9 Å². The molecule has 1 aromatic heterocycles. The van der Waals surface area contributed by atoms with Crippen LogP contribution in [0.5, 0.6) is 0 Å². The Balaban J connectivity index is 2.34. The standard InChI is InChI=1S/C13H13FN2O3/c1-9-10(6-7-19-9)8-15(2)12-5-3-4-11(14)13(12)16(17)18/h3-7H,8H2,1-2H3. The quantitative estimate of drug-likeness (QED) is 0.628. The maximum atomic E-state index is 13.5. The smallest absolute Gasteiger partial charge is 0.327 e. The molecular formula is C13H13FN2O3. The first-order valence-electron chi connectivity index (χ1n) is 5.67. The lowest BCUT2D eigenvalue weighted by molar-refractivity contribution is -0.386. The van der Waals surface area contributed by atoms with E-state index in [1.165, 1.54) is 12.1 Å². The molecule has 0 amide bonds. The molecule has 2 rings (SSSR count). The summed E-state index contributed by atoms with van der Waals surface area (Å²) < 4.78 is 18.7. The first-order valence-corrected chi connectivity index (χ1v) is 5.67. The summed E-state index contributed by atoms with van der Waals surface area (Å²) in [4.78, 5) is 11.9. The molecule has 0 aliphatic carbocycles. The molecule has 0 atom stereocenters. The molecule has 0 saturated heterocycles. The fraction of sp³-hybridized carbons (Fsp3) is 0.231. The van der Waals surface area contributed by atoms with Gasteiger partial charge in [-0.05, 0) is 25.1 Å². The second-order valence-electron chi connectivity index (χ2n) is 4.22. The van der Waals surface area contributed by atoms with Crippen LogP contribution in [-0.2, 0) is 6.54 Å². The van der Waals surface area contributed by atoms with E-state index in [1.807, 2.05) is 6.92 Å². The SMILES string of the molecule is Cc1occc1CN(C)c1cccc(F)c1[N+](=O)[O-]. The second-order valence-corrected chi connectivity index (χ2v) is 4.22. The molecule has 0 fully saturated rings.